The Morgan fingerprint density at radius 3 is 2.74 bits per heavy atom. The van der Waals surface area contributed by atoms with E-state index in [1.54, 1.807) is 4.90 Å². The van der Waals surface area contributed by atoms with E-state index in [-0.39, 0.29) is 25.4 Å². The third-order valence-electron chi connectivity index (χ3n) is 6.73. The number of fused-ring (bicyclic) bond motifs is 1. The van der Waals surface area contributed by atoms with Crippen LogP contribution in [-0.2, 0) is 22.6 Å². The first-order valence-electron chi connectivity index (χ1n) is 12.1. The standard InChI is InChI=1S/C27H31N3O4/c28-16-22-14-19(6-8-24(22)20-4-2-1-3-5-20)18-34-23-7-9-25-21(15-23)11-13-30(25)26(31)17-29-12-10-27(32)33/h6-9,14-15,20,29H,1-5,10-13,17-18H2,(H,32,33). The monoisotopic (exact) mass is 461 g/mol. The molecule has 2 aliphatic rings. The maximum atomic E-state index is 12.5. The predicted octanol–water partition coefficient (Wildman–Crippen LogP) is 4.14. The third-order valence-corrected chi connectivity index (χ3v) is 6.73. The highest BCUT2D eigenvalue weighted by Gasteiger charge is 2.25. The van der Waals surface area contributed by atoms with Gasteiger partial charge in [0.2, 0.25) is 5.91 Å². The molecule has 0 aromatic heterocycles. The third kappa shape index (κ3) is 5.75. The van der Waals surface area contributed by atoms with Crippen molar-refractivity contribution in [2.75, 3.05) is 24.5 Å². The molecule has 1 fully saturated rings. The van der Waals surface area contributed by atoms with Gasteiger partial charge in [-0.1, -0.05) is 31.4 Å². The second-order valence-corrected chi connectivity index (χ2v) is 9.06. The zero-order valence-electron chi connectivity index (χ0n) is 19.4. The summed E-state index contributed by atoms with van der Waals surface area (Å²) < 4.78 is 6.02. The first kappa shape index (κ1) is 23.8. The van der Waals surface area contributed by atoms with Crippen molar-refractivity contribution in [3.05, 3.63) is 58.7 Å². The average molecular weight is 462 g/mol. The second-order valence-electron chi connectivity index (χ2n) is 9.06. The van der Waals surface area contributed by atoms with Crippen LogP contribution in [0.1, 0.15) is 66.7 Å². The molecule has 2 aromatic rings. The number of carboxylic acids is 1. The van der Waals surface area contributed by atoms with Crippen LogP contribution in [0.4, 0.5) is 5.69 Å². The van der Waals surface area contributed by atoms with Crippen molar-refractivity contribution in [2.45, 2.75) is 57.5 Å². The van der Waals surface area contributed by atoms with Crippen molar-refractivity contribution in [1.82, 2.24) is 5.32 Å². The molecule has 7 nitrogen and oxygen atoms in total. The van der Waals surface area contributed by atoms with Crippen molar-refractivity contribution in [3.8, 4) is 11.8 Å². The van der Waals surface area contributed by atoms with Crippen LogP contribution < -0.4 is 15.0 Å². The molecule has 1 amide bonds. The molecule has 7 heteroatoms. The lowest BCUT2D eigenvalue weighted by molar-refractivity contribution is -0.137. The van der Waals surface area contributed by atoms with Gasteiger partial charge in [-0.05, 0) is 66.1 Å². The zero-order chi connectivity index (χ0) is 23.9. The summed E-state index contributed by atoms with van der Waals surface area (Å²) in [7, 11) is 0. The topological polar surface area (TPSA) is 103 Å². The van der Waals surface area contributed by atoms with Gasteiger partial charge in [0.05, 0.1) is 24.6 Å². The Balaban J connectivity index is 1.35. The summed E-state index contributed by atoms with van der Waals surface area (Å²) in [5.41, 5.74) is 4.84. The van der Waals surface area contributed by atoms with E-state index in [4.69, 9.17) is 9.84 Å². The number of ether oxygens (including phenoxy) is 1. The highest BCUT2D eigenvalue weighted by molar-refractivity contribution is 5.96. The molecule has 0 unspecified atom stereocenters. The van der Waals surface area contributed by atoms with Crippen molar-refractivity contribution in [3.63, 3.8) is 0 Å². The summed E-state index contributed by atoms with van der Waals surface area (Å²) in [6.07, 6.45) is 6.84. The highest BCUT2D eigenvalue weighted by Crippen LogP contribution is 2.35. The Kier molecular flexibility index (Phi) is 7.81. The van der Waals surface area contributed by atoms with Gasteiger partial charge in [0.1, 0.15) is 12.4 Å². The van der Waals surface area contributed by atoms with E-state index >= 15 is 0 Å². The van der Waals surface area contributed by atoms with E-state index in [1.807, 2.05) is 24.3 Å². The summed E-state index contributed by atoms with van der Waals surface area (Å²) in [4.78, 5) is 24.8. The van der Waals surface area contributed by atoms with Crippen LogP contribution in [0.2, 0.25) is 0 Å². The number of nitrogens with zero attached hydrogens (tertiary/aromatic N) is 2. The molecule has 2 aromatic carbocycles. The number of carboxylic acid groups (broad SMARTS) is 1. The van der Waals surface area contributed by atoms with Crippen LogP contribution in [0, 0.1) is 11.3 Å². The Morgan fingerprint density at radius 1 is 1.15 bits per heavy atom. The van der Waals surface area contributed by atoms with E-state index < -0.39 is 5.97 Å². The number of nitriles is 1. The molecule has 1 heterocycles. The van der Waals surface area contributed by atoms with E-state index in [9.17, 15) is 14.9 Å². The molecule has 1 aliphatic carbocycles. The van der Waals surface area contributed by atoms with Crippen molar-refractivity contribution in [1.29, 1.82) is 5.26 Å². The summed E-state index contributed by atoms with van der Waals surface area (Å²) in [6, 6.07) is 14.2. The molecular weight excluding hydrogens is 430 g/mol. The summed E-state index contributed by atoms with van der Waals surface area (Å²) in [5.74, 6) is 0.276. The number of amides is 1. The number of carbonyl (C=O) groups is 2. The normalized spacial score (nSPS) is 15.6. The van der Waals surface area contributed by atoms with Gasteiger partial charge in [0.25, 0.3) is 0 Å². The molecule has 4 rings (SSSR count). The van der Waals surface area contributed by atoms with Gasteiger partial charge >= 0.3 is 5.97 Å². The van der Waals surface area contributed by atoms with Crippen LogP contribution in [0.15, 0.2) is 36.4 Å². The number of hydrogen-bond donors (Lipinski definition) is 2. The quantitative estimate of drug-likeness (QED) is 0.544. The van der Waals surface area contributed by atoms with Gasteiger partial charge in [-0.15, -0.1) is 0 Å². The number of aliphatic carboxylic acids is 1. The first-order chi connectivity index (χ1) is 16.5. The maximum Gasteiger partial charge on any atom is 0.304 e. The number of carbonyl (C=O) groups excluding carboxylic acids is 1. The Labute approximate surface area is 200 Å². The number of rotatable bonds is 9. The van der Waals surface area contributed by atoms with Crippen LogP contribution in [-0.4, -0.2) is 36.6 Å². The minimum Gasteiger partial charge on any atom is -0.489 e. The fourth-order valence-corrected chi connectivity index (χ4v) is 4.94. The number of hydrogen-bond acceptors (Lipinski definition) is 5. The van der Waals surface area contributed by atoms with Crippen LogP contribution in [0.3, 0.4) is 0 Å². The molecule has 0 saturated heterocycles. The summed E-state index contributed by atoms with van der Waals surface area (Å²) in [5, 5.41) is 21.3. The zero-order valence-corrected chi connectivity index (χ0v) is 19.4. The van der Waals surface area contributed by atoms with Crippen molar-refractivity contribution >= 4 is 17.6 Å². The molecule has 178 valence electrons. The first-order valence-corrected chi connectivity index (χ1v) is 12.1. The van der Waals surface area contributed by atoms with Crippen LogP contribution >= 0.6 is 0 Å². The number of anilines is 1. The molecule has 1 saturated carbocycles. The number of nitrogens with one attached hydrogen (secondary N) is 1. The second kappa shape index (κ2) is 11.2. The lowest BCUT2D eigenvalue weighted by Gasteiger charge is -2.23. The molecule has 1 aliphatic heterocycles. The van der Waals surface area contributed by atoms with Crippen molar-refractivity contribution < 1.29 is 19.4 Å². The van der Waals surface area contributed by atoms with Crippen molar-refractivity contribution in [2.24, 2.45) is 0 Å². The largest absolute Gasteiger partial charge is 0.489 e. The highest BCUT2D eigenvalue weighted by atomic mass is 16.5. The number of benzene rings is 2. The van der Waals surface area contributed by atoms with E-state index in [0.29, 0.717) is 19.1 Å². The molecule has 0 radical (unpaired) electrons. The lowest BCUT2D eigenvalue weighted by atomic mass is 9.82. The van der Waals surface area contributed by atoms with Crippen LogP contribution in [0.25, 0.3) is 0 Å². The fourth-order valence-electron chi connectivity index (χ4n) is 4.94. The summed E-state index contributed by atoms with van der Waals surface area (Å²) >= 11 is 0. The molecule has 34 heavy (non-hydrogen) atoms. The Bertz CT molecular complexity index is 1090. The average Bonchev–Trinajstić information content (AvgIpc) is 3.29. The van der Waals surface area contributed by atoms with Crippen LogP contribution in [0.5, 0.6) is 5.75 Å². The van der Waals surface area contributed by atoms with E-state index in [1.165, 1.54) is 24.8 Å². The van der Waals surface area contributed by atoms with Gasteiger partial charge < -0.3 is 20.1 Å². The van der Waals surface area contributed by atoms with Gasteiger partial charge in [0.15, 0.2) is 0 Å². The summed E-state index contributed by atoms with van der Waals surface area (Å²) in [6.45, 7) is 1.37. The Morgan fingerprint density at radius 2 is 1.97 bits per heavy atom. The Hall–Kier alpha value is -3.37. The smallest absolute Gasteiger partial charge is 0.304 e. The maximum absolute atomic E-state index is 12.5. The molecule has 0 atom stereocenters. The lowest BCUT2D eigenvalue weighted by Crippen LogP contribution is -2.37. The van der Waals surface area contributed by atoms with E-state index in [2.05, 4.69) is 23.5 Å². The minimum atomic E-state index is -0.886. The fraction of sp³-hybridized carbons (Fsp3) is 0.444. The molecular formula is C27H31N3O4. The molecule has 0 spiro atoms. The van der Waals surface area contributed by atoms with Gasteiger partial charge in [-0.3, -0.25) is 9.59 Å². The predicted molar refractivity (Wildman–Crippen MR) is 129 cm³/mol. The van der Waals surface area contributed by atoms with Gasteiger partial charge in [-0.2, -0.15) is 5.26 Å². The molecule has 0 bridgehead atoms. The SMILES string of the molecule is N#Cc1cc(COc2ccc3c(c2)CCN3C(=O)CNCCC(=O)O)ccc1C1CCCCC1. The minimum absolute atomic E-state index is 0.0102. The molecule has 2 N–H and O–H groups in total. The van der Waals surface area contributed by atoms with Gasteiger partial charge in [-0.25, -0.2) is 0 Å². The van der Waals surface area contributed by atoms with Gasteiger partial charge in [0, 0.05) is 18.8 Å². The van der Waals surface area contributed by atoms with E-state index in [0.717, 1.165) is 47.4 Å².